The minimum atomic E-state index is -1.01. The third-order valence-electron chi connectivity index (χ3n) is 2.53. The van der Waals surface area contributed by atoms with E-state index in [0.717, 1.165) is 0 Å². The Balaban J connectivity index is 2.45. The highest BCUT2D eigenvalue weighted by molar-refractivity contribution is 7.99. The molecule has 0 aliphatic rings. The molecule has 3 nitrogen and oxygen atoms in total. The molecule has 0 spiro atoms. The van der Waals surface area contributed by atoms with Crippen LogP contribution in [-0.4, -0.2) is 18.2 Å². The minimum absolute atomic E-state index is 0.187. The molecule has 104 valence electrons. The predicted molar refractivity (Wildman–Crippen MR) is 80.5 cm³/mol. The summed E-state index contributed by atoms with van der Waals surface area (Å²) >= 11 is 13.3. The van der Waals surface area contributed by atoms with Crippen molar-refractivity contribution < 1.29 is 14.6 Å². The molecule has 20 heavy (non-hydrogen) atoms. The molecule has 0 heterocycles. The van der Waals surface area contributed by atoms with Crippen LogP contribution in [0.5, 0.6) is 5.75 Å². The highest BCUT2D eigenvalue weighted by Gasteiger charge is 2.14. The molecule has 0 fully saturated rings. The number of carboxylic acid groups (broad SMARTS) is 1. The van der Waals surface area contributed by atoms with Gasteiger partial charge in [0, 0.05) is 14.8 Å². The Labute approximate surface area is 130 Å². The zero-order chi connectivity index (χ0) is 14.7. The van der Waals surface area contributed by atoms with Crippen LogP contribution in [-0.2, 0) is 0 Å². The minimum Gasteiger partial charge on any atom is -0.497 e. The number of hydrogen-bond donors (Lipinski definition) is 1. The van der Waals surface area contributed by atoms with Gasteiger partial charge in [0.25, 0.3) is 0 Å². The van der Waals surface area contributed by atoms with E-state index in [-0.39, 0.29) is 5.56 Å². The van der Waals surface area contributed by atoms with Crippen LogP contribution >= 0.6 is 35.0 Å². The van der Waals surface area contributed by atoms with Crippen molar-refractivity contribution in [3.05, 3.63) is 52.0 Å². The van der Waals surface area contributed by atoms with Crippen LogP contribution in [0.1, 0.15) is 10.4 Å². The van der Waals surface area contributed by atoms with Gasteiger partial charge in [0.15, 0.2) is 0 Å². The second-order valence-corrected chi connectivity index (χ2v) is 5.77. The zero-order valence-corrected chi connectivity index (χ0v) is 12.7. The number of halogens is 2. The SMILES string of the molecule is COc1ccc(C(=O)O)c(Sc2cc(Cl)ccc2Cl)c1. The van der Waals surface area contributed by atoms with Crippen molar-refractivity contribution in [2.45, 2.75) is 9.79 Å². The molecule has 1 N–H and O–H groups in total. The number of benzene rings is 2. The maximum absolute atomic E-state index is 11.3. The van der Waals surface area contributed by atoms with Gasteiger partial charge >= 0.3 is 5.97 Å². The molecule has 0 aliphatic carbocycles. The van der Waals surface area contributed by atoms with Gasteiger partial charge in [-0.15, -0.1) is 0 Å². The lowest BCUT2D eigenvalue weighted by atomic mass is 10.2. The monoisotopic (exact) mass is 328 g/mol. The average molecular weight is 329 g/mol. The lowest BCUT2D eigenvalue weighted by Gasteiger charge is -2.09. The second kappa shape index (κ2) is 6.39. The van der Waals surface area contributed by atoms with Crippen molar-refractivity contribution in [3.63, 3.8) is 0 Å². The standard InChI is InChI=1S/C14H10Cl2O3S/c1-19-9-3-4-10(14(17)18)12(7-9)20-13-6-8(15)2-5-11(13)16/h2-7H,1H3,(H,17,18). The smallest absolute Gasteiger partial charge is 0.336 e. The van der Waals surface area contributed by atoms with E-state index in [1.807, 2.05) is 0 Å². The van der Waals surface area contributed by atoms with E-state index in [0.29, 0.717) is 25.6 Å². The number of aromatic carboxylic acids is 1. The van der Waals surface area contributed by atoms with Crippen LogP contribution in [0.3, 0.4) is 0 Å². The Hall–Kier alpha value is -1.36. The fraction of sp³-hybridized carbons (Fsp3) is 0.0714. The molecule has 0 unspecified atom stereocenters. The maximum atomic E-state index is 11.3. The first kappa shape index (κ1) is 15.0. The average Bonchev–Trinajstić information content (AvgIpc) is 2.42. The molecule has 0 aromatic heterocycles. The van der Waals surface area contributed by atoms with Crippen molar-refractivity contribution in [2.75, 3.05) is 7.11 Å². The van der Waals surface area contributed by atoms with E-state index in [1.165, 1.54) is 24.9 Å². The van der Waals surface area contributed by atoms with E-state index in [9.17, 15) is 9.90 Å². The zero-order valence-electron chi connectivity index (χ0n) is 10.4. The molecule has 0 saturated carbocycles. The number of ether oxygens (including phenoxy) is 1. The summed E-state index contributed by atoms with van der Waals surface area (Å²) in [7, 11) is 1.52. The molecule has 0 saturated heterocycles. The number of methoxy groups -OCH3 is 1. The molecular formula is C14H10Cl2O3S. The fourth-order valence-electron chi connectivity index (χ4n) is 1.56. The van der Waals surface area contributed by atoms with Crippen LogP contribution in [0.25, 0.3) is 0 Å². The fourth-order valence-corrected chi connectivity index (χ4v) is 3.06. The molecule has 0 aliphatic heterocycles. The Bertz CT molecular complexity index is 659. The van der Waals surface area contributed by atoms with Gasteiger partial charge in [-0.3, -0.25) is 0 Å². The van der Waals surface area contributed by atoms with Crippen LogP contribution < -0.4 is 4.74 Å². The van der Waals surface area contributed by atoms with Gasteiger partial charge in [0.05, 0.1) is 17.7 Å². The second-order valence-electron chi connectivity index (χ2n) is 3.84. The van der Waals surface area contributed by atoms with Crippen LogP contribution in [0.2, 0.25) is 10.0 Å². The van der Waals surface area contributed by atoms with E-state index in [1.54, 1.807) is 30.3 Å². The number of hydrogen-bond acceptors (Lipinski definition) is 3. The summed E-state index contributed by atoms with van der Waals surface area (Å²) in [5, 5.41) is 10.3. The highest BCUT2D eigenvalue weighted by Crippen LogP contribution is 2.38. The summed E-state index contributed by atoms with van der Waals surface area (Å²) < 4.78 is 5.12. The van der Waals surface area contributed by atoms with Crippen molar-refractivity contribution in [1.82, 2.24) is 0 Å². The summed E-state index contributed by atoms with van der Waals surface area (Å²) in [5.41, 5.74) is 0.187. The highest BCUT2D eigenvalue weighted by atomic mass is 35.5. The van der Waals surface area contributed by atoms with Gasteiger partial charge in [0.2, 0.25) is 0 Å². The summed E-state index contributed by atoms with van der Waals surface area (Å²) in [6.07, 6.45) is 0. The maximum Gasteiger partial charge on any atom is 0.336 e. The molecule has 2 aromatic rings. The first-order chi connectivity index (χ1) is 9.51. The van der Waals surface area contributed by atoms with Gasteiger partial charge in [-0.05, 0) is 36.4 Å². The first-order valence-corrected chi connectivity index (χ1v) is 7.12. The number of carboxylic acids is 1. The van der Waals surface area contributed by atoms with E-state index in [2.05, 4.69) is 0 Å². The molecule has 0 atom stereocenters. The number of rotatable bonds is 4. The quantitative estimate of drug-likeness (QED) is 0.871. The number of carbonyl (C=O) groups is 1. The summed E-state index contributed by atoms with van der Waals surface area (Å²) in [6.45, 7) is 0. The van der Waals surface area contributed by atoms with Gasteiger partial charge in [-0.25, -0.2) is 4.79 Å². The van der Waals surface area contributed by atoms with Crippen LogP contribution in [0.4, 0.5) is 0 Å². The third kappa shape index (κ3) is 3.39. The van der Waals surface area contributed by atoms with Gasteiger partial charge < -0.3 is 9.84 Å². The van der Waals surface area contributed by atoms with Crippen molar-refractivity contribution >= 4 is 40.9 Å². The van der Waals surface area contributed by atoms with E-state index < -0.39 is 5.97 Å². The summed E-state index contributed by atoms with van der Waals surface area (Å²) in [6, 6.07) is 9.81. The summed E-state index contributed by atoms with van der Waals surface area (Å²) in [5.74, 6) is -0.427. The van der Waals surface area contributed by atoms with Gasteiger partial charge in [-0.1, -0.05) is 35.0 Å². The first-order valence-electron chi connectivity index (χ1n) is 5.55. The lowest BCUT2D eigenvalue weighted by molar-refractivity contribution is 0.0693. The topological polar surface area (TPSA) is 46.5 Å². The third-order valence-corrected chi connectivity index (χ3v) is 4.32. The van der Waals surface area contributed by atoms with Crippen LogP contribution in [0, 0.1) is 0 Å². The molecule has 0 amide bonds. The summed E-state index contributed by atoms with van der Waals surface area (Å²) in [4.78, 5) is 12.5. The molecule has 2 rings (SSSR count). The normalized spacial score (nSPS) is 10.3. The predicted octanol–water partition coefficient (Wildman–Crippen LogP) is 4.85. The van der Waals surface area contributed by atoms with Gasteiger partial charge in [-0.2, -0.15) is 0 Å². The molecule has 6 heteroatoms. The Morgan fingerprint density at radius 3 is 2.55 bits per heavy atom. The largest absolute Gasteiger partial charge is 0.497 e. The molecule has 2 aromatic carbocycles. The van der Waals surface area contributed by atoms with E-state index >= 15 is 0 Å². The molecular weight excluding hydrogens is 319 g/mol. The Morgan fingerprint density at radius 2 is 1.90 bits per heavy atom. The molecule has 0 radical (unpaired) electrons. The lowest BCUT2D eigenvalue weighted by Crippen LogP contribution is -1.99. The van der Waals surface area contributed by atoms with Crippen molar-refractivity contribution in [2.24, 2.45) is 0 Å². The van der Waals surface area contributed by atoms with Crippen molar-refractivity contribution in [1.29, 1.82) is 0 Å². The Kier molecular flexibility index (Phi) is 4.81. The molecule has 0 bridgehead atoms. The Morgan fingerprint density at radius 1 is 1.15 bits per heavy atom. The van der Waals surface area contributed by atoms with Crippen molar-refractivity contribution in [3.8, 4) is 5.75 Å². The van der Waals surface area contributed by atoms with E-state index in [4.69, 9.17) is 27.9 Å². The van der Waals surface area contributed by atoms with Gasteiger partial charge in [0.1, 0.15) is 5.75 Å². The van der Waals surface area contributed by atoms with Crippen LogP contribution in [0.15, 0.2) is 46.2 Å².